The SMILES string of the molecule is Cn1nc(NCc2cn[nH]c2)c(=O)n(C)c1=O. The molecule has 0 amide bonds. The van der Waals surface area contributed by atoms with Crippen LogP contribution in [0.15, 0.2) is 22.0 Å². The molecule has 0 bridgehead atoms. The molecule has 2 aromatic rings. The first-order valence-corrected chi connectivity index (χ1v) is 4.95. The van der Waals surface area contributed by atoms with Crippen molar-refractivity contribution in [1.29, 1.82) is 0 Å². The van der Waals surface area contributed by atoms with Crippen molar-refractivity contribution in [1.82, 2.24) is 24.5 Å². The van der Waals surface area contributed by atoms with Gasteiger partial charge in [-0.3, -0.25) is 14.5 Å². The van der Waals surface area contributed by atoms with Crippen molar-refractivity contribution in [2.24, 2.45) is 14.1 Å². The quantitative estimate of drug-likeness (QED) is 0.698. The van der Waals surface area contributed by atoms with Crippen molar-refractivity contribution in [3.8, 4) is 0 Å². The van der Waals surface area contributed by atoms with Crippen LogP contribution >= 0.6 is 0 Å². The minimum atomic E-state index is -0.455. The van der Waals surface area contributed by atoms with Crippen LogP contribution in [0.4, 0.5) is 5.82 Å². The molecule has 0 aliphatic carbocycles. The predicted molar refractivity (Wildman–Crippen MR) is 60.6 cm³/mol. The summed E-state index contributed by atoms with van der Waals surface area (Å²) >= 11 is 0. The molecule has 0 saturated carbocycles. The van der Waals surface area contributed by atoms with E-state index in [1.165, 1.54) is 14.1 Å². The third kappa shape index (κ3) is 2.10. The summed E-state index contributed by atoms with van der Waals surface area (Å²) in [5.41, 5.74) is -0.0110. The normalized spacial score (nSPS) is 10.5. The number of anilines is 1. The van der Waals surface area contributed by atoms with Gasteiger partial charge in [-0.2, -0.15) is 5.10 Å². The van der Waals surface area contributed by atoms with E-state index in [-0.39, 0.29) is 5.82 Å². The number of hydrogen-bond donors (Lipinski definition) is 2. The topological polar surface area (TPSA) is 97.6 Å². The standard InChI is InChI=1S/C9H12N6O2/c1-14-8(16)7(13-15(2)9(14)17)10-3-6-4-11-12-5-6/h4-5H,3H2,1-2H3,(H,10,13)(H,11,12). The maximum absolute atomic E-state index is 11.7. The average molecular weight is 236 g/mol. The van der Waals surface area contributed by atoms with Gasteiger partial charge >= 0.3 is 5.69 Å². The van der Waals surface area contributed by atoms with Crippen LogP contribution in [0.25, 0.3) is 0 Å². The van der Waals surface area contributed by atoms with E-state index < -0.39 is 11.2 Å². The fourth-order valence-corrected chi connectivity index (χ4v) is 1.37. The number of nitrogens with one attached hydrogen (secondary N) is 2. The molecule has 0 unspecified atom stereocenters. The third-order valence-electron chi connectivity index (χ3n) is 2.34. The molecular weight excluding hydrogens is 224 g/mol. The molecule has 8 heteroatoms. The summed E-state index contributed by atoms with van der Waals surface area (Å²) in [6.45, 7) is 0.414. The highest BCUT2D eigenvalue weighted by Crippen LogP contribution is 1.97. The van der Waals surface area contributed by atoms with E-state index in [1.54, 1.807) is 12.4 Å². The fourth-order valence-electron chi connectivity index (χ4n) is 1.37. The van der Waals surface area contributed by atoms with E-state index >= 15 is 0 Å². The molecule has 0 aliphatic heterocycles. The molecular formula is C9H12N6O2. The Morgan fingerprint density at radius 3 is 2.82 bits per heavy atom. The number of H-pyrrole nitrogens is 1. The van der Waals surface area contributed by atoms with Crippen molar-refractivity contribution in [2.45, 2.75) is 6.54 Å². The molecule has 0 aromatic carbocycles. The Kier molecular flexibility index (Phi) is 2.77. The molecule has 0 fully saturated rings. The molecule has 2 heterocycles. The first-order valence-electron chi connectivity index (χ1n) is 4.95. The lowest BCUT2D eigenvalue weighted by Gasteiger charge is -2.06. The van der Waals surface area contributed by atoms with Gasteiger partial charge in [-0.1, -0.05) is 0 Å². The second kappa shape index (κ2) is 4.24. The van der Waals surface area contributed by atoms with E-state index in [0.29, 0.717) is 6.54 Å². The predicted octanol–water partition coefficient (Wildman–Crippen LogP) is -1.19. The first-order chi connectivity index (χ1) is 8.09. The molecule has 0 atom stereocenters. The maximum atomic E-state index is 11.7. The molecule has 0 saturated heterocycles. The van der Waals surface area contributed by atoms with Crippen LogP contribution in [0.2, 0.25) is 0 Å². The van der Waals surface area contributed by atoms with Crippen LogP contribution in [0.5, 0.6) is 0 Å². The van der Waals surface area contributed by atoms with Gasteiger partial charge in [0.25, 0.3) is 5.56 Å². The number of nitrogens with zero attached hydrogens (tertiary/aromatic N) is 4. The average Bonchev–Trinajstić information content (AvgIpc) is 2.82. The van der Waals surface area contributed by atoms with Crippen molar-refractivity contribution in [2.75, 3.05) is 5.32 Å². The maximum Gasteiger partial charge on any atom is 0.346 e. The fraction of sp³-hybridized carbons (Fsp3) is 0.333. The molecule has 2 aromatic heterocycles. The largest absolute Gasteiger partial charge is 0.360 e. The minimum Gasteiger partial charge on any atom is -0.360 e. The lowest BCUT2D eigenvalue weighted by atomic mass is 10.3. The first kappa shape index (κ1) is 11.1. The molecule has 90 valence electrons. The van der Waals surface area contributed by atoms with E-state index in [4.69, 9.17) is 0 Å². The Bertz CT molecular complexity index is 624. The summed E-state index contributed by atoms with van der Waals surface area (Å²) in [6, 6.07) is 0. The highest BCUT2D eigenvalue weighted by atomic mass is 16.2. The third-order valence-corrected chi connectivity index (χ3v) is 2.34. The monoisotopic (exact) mass is 236 g/mol. The Morgan fingerprint density at radius 1 is 1.41 bits per heavy atom. The molecule has 0 aliphatic rings. The van der Waals surface area contributed by atoms with Crippen LogP contribution in [0, 0.1) is 0 Å². The number of aromatic nitrogens is 5. The Balaban J connectivity index is 2.28. The second-order valence-corrected chi connectivity index (χ2v) is 3.58. The summed E-state index contributed by atoms with van der Waals surface area (Å²) in [6.07, 6.45) is 3.35. The zero-order valence-electron chi connectivity index (χ0n) is 9.47. The van der Waals surface area contributed by atoms with Crippen molar-refractivity contribution in [3.05, 3.63) is 38.8 Å². The zero-order valence-corrected chi connectivity index (χ0v) is 9.47. The van der Waals surface area contributed by atoms with Gasteiger partial charge in [0.2, 0.25) is 5.82 Å². The van der Waals surface area contributed by atoms with Crippen molar-refractivity contribution in [3.63, 3.8) is 0 Å². The van der Waals surface area contributed by atoms with Gasteiger partial charge in [0.05, 0.1) is 6.20 Å². The van der Waals surface area contributed by atoms with E-state index in [1.807, 2.05) is 0 Å². The highest BCUT2D eigenvalue weighted by Gasteiger charge is 2.07. The molecule has 2 N–H and O–H groups in total. The van der Waals surface area contributed by atoms with E-state index in [9.17, 15) is 9.59 Å². The Labute approximate surface area is 95.9 Å². The van der Waals surface area contributed by atoms with Gasteiger partial charge in [0.1, 0.15) is 0 Å². The van der Waals surface area contributed by atoms with Gasteiger partial charge in [-0.25, -0.2) is 9.48 Å². The molecule has 17 heavy (non-hydrogen) atoms. The zero-order chi connectivity index (χ0) is 12.4. The highest BCUT2D eigenvalue weighted by molar-refractivity contribution is 5.30. The van der Waals surface area contributed by atoms with Crippen LogP contribution in [-0.4, -0.2) is 24.5 Å². The smallest absolute Gasteiger partial charge is 0.346 e. The summed E-state index contributed by atoms with van der Waals surface area (Å²) in [5, 5.41) is 13.2. The van der Waals surface area contributed by atoms with Gasteiger partial charge < -0.3 is 5.32 Å². The van der Waals surface area contributed by atoms with Crippen LogP contribution in [-0.2, 0) is 20.6 Å². The van der Waals surface area contributed by atoms with Crippen molar-refractivity contribution < 1.29 is 0 Å². The van der Waals surface area contributed by atoms with Crippen LogP contribution in [0.3, 0.4) is 0 Å². The number of rotatable bonds is 3. The Hall–Kier alpha value is -2.38. The number of aromatic amines is 1. The van der Waals surface area contributed by atoms with Gasteiger partial charge in [0.15, 0.2) is 0 Å². The van der Waals surface area contributed by atoms with Crippen LogP contribution < -0.4 is 16.6 Å². The van der Waals surface area contributed by atoms with E-state index in [2.05, 4.69) is 20.6 Å². The summed E-state index contributed by atoms with van der Waals surface area (Å²) < 4.78 is 2.11. The van der Waals surface area contributed by atoms with Gasteiger partial charge in [-0.05, 0) is 0 Å². The van der Waals surface area contributed by atoms with Gasteiger partial charge in [0, 0.05) is 32.4 Å². The molecule has 0 radical (unpaired) electrons. The minimum absolute atomic E-state index is 0.135. The lowest BCUT2D eigenvalue weighted by molar-refractivity contribution is 0.604. The summed E-state index contributed by atoms with van der Waals surface area (Å²) in [5.74, 6) is 0.135. The molecule has 0 spiro atoms. The molecule has 2 rings (SSSR count). The number of aryl methyl sites for hydroxylation is 1. The lowest BCUT2D eigenvalue weighted by Crippen LogP contribution is -2.39. The summed E-state index contributed by atoms with van der Waals surface area (Å²) in [7, 11) is 2.90. The van der Waals surface area contributed by atoms with Gasteiger partial charge in [-0.15, -0.1) is 5.10 Å². The van der Waals surface area contributed by atoms with Crippen LogP contribution in [0.1, 0.15) is 5.56 Å². The molecule has 8 nitrogen and oxygen atoms in total. The second-order valence-electron chi connectivity index (χ2n) is 3.58. The van der Waals surface area contributed by atoms with Crippen molar-refractivity contribution >= 4 is 5.82 Å². The Morgan fingerprint density at radius 2 is 2.18 bits per heavy atom. The summed E-state index contributed by atoms with van der Waals surface area (Å²) in [4.78, 5) is 23.1. The van der Waals surface area contributed by atoms with E-state index in [0.717, 1.165) is 14.8 Å². The number of hydrogen-bond acceptors (Lipinski definition) is 5.